The normalized spacial score (nSPS) is 15.4. The summed E-state index contributed by atoms with van der Waals surface area (Å²) in [5.74, 6) is 0.359. The van der Waals surface area contributed by atoms with Crippen molar-refractivity contribution in [3.63, 3.8) is 0 Å². The van der Waals surface area contributed by atoms with E-state index in [0.717, 1.165) is 6.42 Å². The molecule has 0 heterocycles. The fraction of sp³-hybridized carbons (Fsp3) is 0.647. The molecule has 0 aromatic heterocycles. The van der Waals surface area contributed by atoms with Crippen LogP contribution in [0.5, 0.6) is 0 Å². The van der Waals surface area contributed by atoms with Crippen LogP contribution < -0.4 is 11.5 Å². The van der Waals surface area contributed by atoms with Crippen LogP contribution in [0.4, 0.5) is 0 Å². The lowest BCUT2D eigenvalue weighted by Gasteiger charge is -2.28. The summed E-state index contributed by atoms with van der Waals surface area (Å²) in [4.78, 5) is 0. The van der Waals surface area contributed by atoms with Crippen molar-refractivity contribution in [3.05, 3.63) is 34.4 Å². The number of rotatable bonds is 4. The monoisotopic (exact) mass is 262 g/mol. The summed E-state index contributed by atoms with van der Waals surface area (Å²) in [6, 6.07) is 4.61. The standard InChI is InChI=1S/C17H30N2/c1-7-13(10-18)16(19)15-11(2)8-14(9-12(15)3)17(4,5)6/h8-9,13,16H,7,10,18-19H2,1-6H3. The molecule has 0 radical (unpaired) electrons. The van der Waals surface area contributed by atoms with Gasteiger partial charge < -0.3 is 11.5 Å². The Morgan fingerprint density at radius 2 is 1.58 bits per heavy atom. The lowest BCUT2D eigenvalue weighted by molar-refractivity contribution is 0.425. The molecule has 2 atom stereocenters. The van der Waals surface area contributed by atoms with Crippen LogP contribution in [-0.2, 0) is 5.41 Å². The van der Waals surface area contributed by atoms with Crippen LogP contribution in [0, 0.1) is 19.8 Å². The van der Waals surface area contributed by atoms with E-state index in [4.69, 9.17) is 11.5 Å². The second-order valence-corrected chi connectivity index (χ2v) is 6.70. The van der Waals surface area contributed by atoms with Crippen LogP contribution in [0.15, 0.2) is 12.1 Å². The van der Waals surface area contributed by atoms with Crippen LogP contribution in [0.2, 0.25) is 0 Å². The van der Waals surface area contributed by atoms with Gasteiger partial charge in [0.25, 0.3) is 0 Å². The largest absolute Gasteiger partial charge is 0.330 e. The van der Waals surface area contributed by atoms with Gasteiger partial charge >= 0.3 is 0 Å². The Morgan fingerprint density at radius 1 is 1.11 bits per heavy atom. The Balaban J connectivity index is 3.24. The van der Waals surface area contributed by atoms with Gasteiger partial charge in [-0.3, -0.25) is 0 Å². The highest BCUT2D eigenvalue weighted by Crippen LogP contribution is 2.32. The van der Waals surface area contributed by atoms with E-state index in [1.165, 1.54) is 22.3 Å². The molecule has 0 aliphatic carbocycles. The van der Waals surface area contributed by atoms with Gasteiger partial charge in [-0.2, -0.15) is 0 Å². The lowest BCUT2D eigenvalue weighted by atomic mass is 9.80. The Labute approximate surface area is 118 Å². The second-order valence-electron chi connectivity index (χ2n) is 6.70. The van der Waals surface area contributed by atoms with Crippen molar-refractivity contribution in [2.75, 3.05) is 6.54 Å². The molecule has 0 saturated heterocycles. The first-order chi connectivity index (χ1) is 8.72. The van der Waals surface area contributed by atoms with Gasteiger partial charge in [0.05, 0.1) is 0 Å². The average Bonchev–Trinajstić information content (AvgIpc) is 2.28. The van der Waals surface area contributed by atoms with Crippen molar-refractivity contribution < 1.29 is 0 Å². The van der Waals surface area contributed by atoms with Gasteiger partial charge in [-0.05, 0) is 54.0 Å². The molecule has 0 fully saturated rings. The van der Waals surface area contributed by atoms with Crippen molar-refractivity contribution in [2.24, 2.45) is 17.4 Å². The Bertz CT molecular complexity index is 402. The minimum absolute atomic E-state index is 0.0454. The fourth-order valence-corrected chi connectivity index (χ4v) is 2.74. The number of hydrogen-bond acceptors (Lipinski definition) is 2. The summed E-state index contributed by atoms with van der Waals surface area (Å²) in [7, 11) is 0. The molecule has 2 nitrogen and oxygen atoms in total. The maximum atomic E-state index is 6.44. The predicted octanol–water partition coefficient (Wildman–Crippen LogP) is 3.59. The maximum Gasteiger partial charge on any atom is 0.0340 e. The number of hydrogen-bond donors (Lipinski definition) is 2. The molecule has 1 aromatic carbocycles. The Kier molecular flexibility index (Phi) is 5.17. The van der Waals surface area contributed by atoms with Gasteiger partial charge in [-0.15, -0.1) is 0 Å². The molecule has 0 saturated carbocycles. The SMILES string of the molecule is CCC(CN)C(N)c1c(C)cc(C(C)(C)C)cc1C. The van der Waals surface area contributed by atoms with E-state index in [-0.39, 0.29) is 11.5 Å². The topological polar surface area (TPSA) is 52.0 Å². The minimum Gasteiger partial charge on any atom is -0.330 e. The molecule has 4 N–H and O–H groups in total. The molecule has 0 aliphatic rings. The smallest absolute Gasteiger partial charge is 0.0340 e. The summed E-state index contributed by atoms with van der Waals surface area (Å²) in [6.45, 7) is 13.9. The Morgan fingerprint density at radius 3 is 1.89 bits per heavy atom. The molecule has 0 spiro atoms. The summed E-state index contributed by atoms with van der Waals surface area (Å²) >= 11 is 0. The molecule has 0 aliphatic heterocycles. The lowest BCUT2D eigenvalue weighted by Crippen LogP contribution is -2.29. The molecule has 1 aromatic rings. The van der Waals surface area contributed by atoms with Crippen LogP contribution in [0.1, 0.15) is 62.4 Å². The van der Waals surface area contributed by atoms with Crippen molar-refractivity contribution in [1.82, 2.24) is 0 Å². The van der Waals surface area contributed by atoms with Gasteiger partial charge in [-0.25, -0.2) is 0 Å². The van der Waals surface area contributed by atoms with Crippen molar-refractivity contribution in [2.45, 2.75) is 59.4 Å². The second kappa shape index (κ2) is 6.06. The van der Waals surface area contributed by atoms with Gasteiger partial charge in [0.1, 0.15) is 0 Å². The summed E-state index contributed by atoms with van der Waals surface area (Å²) in [6.07, 6.45) is 1.03. The quantitative estimate of drug-likeness (QED) is 0.871. The molecule has 108 valence electrons. The van der Waals surface area contributed by atoms with Crippen molar-refractivity contribution >= 4 is 0 Å². The van der Waals surface area contributed by atoms with Gasteiger partial charge in [-0.1, -0.05) is 46.2 Å². The highest BCUT2D eigenvalue weighted by molar-refractivity contribution is 5.42. The molecule has 0 amide bonds. The fourth-order valence-electron chi connectivity index (χ4n) is 2.74. The highest BCUT2D eigenvalue weighted by Gasteiger charge is 2.22. The van der Waals surface area contributed by atoms with E-state index in [2.05, 4.69) is 53.7 Å². The zero-order valence-corrected chi connectivity index (χ0v) is 13.4. The molecule has 0 bridgehead atoms. The van der Waals surface area contributed by atoms with E-state index in [9.17, 15) is 0 Å². The predicted molar refractivity (Wildman–Crippen MR) is 84.4 cm³/mol. The molecule has 2 heteroatoms. The van der Waals surface area contributed by atoms with Crippen LogP contribution in [0.25, 0.3) is 0 Å². The van der Waals surface area contributed by atoms with Crippen LogP contribution in [0.3, 0.4) is 0 Å². The summed E-state index contributed by atoms with van der Waals surface area (Å²) in [5.41, 5.74) is 17.7. The zero-order valence-electron chi connectivity index (χ0n) is 13.4. The van der Waals surface area contributed by atoms with Gasteiger partial charge in [0.15, 0.2) is 0 Å². The summed E-state index contributed by atoms with van der Waals surface area (Å²) in [5, 5.41) is 0. The first-order valence-electron chi connectivity index (χ1n) is 7.29. The number of aryl methyl sites for hydroxylation is 2. The van der Waals surface area contributed by atoms with Gasteiger partial charge in [0, 0.05) is 6.04 Å². The summed E-state index contributed by atoms with van der Waals surface area (Å²) < 4.78 is 0. The number of benzene rings is 1. The van der Waals surface area contributed by atoms with Gasteiger partial charge in [0.2, 0.25) is 0 Å². The first-order valence-corrected chi connectivity index (χ1v) is 7.29. The Hall–Kier alpha value is -0.860. The third kappa shape index (κ3) is 3.58. The minimum atomic E-state index is 0.0454. The van der Waals surface area contributed by atoms with Crippen molar-refractivity contribution in [1.29, 1.82) is 0 Å². The van der Waals surface area contributed by atoms with E-state index in [1.807, 2.05) is 0 Å². The number of nitrogens with two attached hydrogens (primary N) is 2. The molecule has 19 heavy (non-hydrogen) atoms. The molecule has 2 unspecified atom stereocenters. The molecular formula is C17H30N2. The van der Waals surface area contributed by atoms with Crippen LogP contribution >= 0.6 is 0 Å². The van der Waals surface area contributed by atoms with E-state index in [0.29, 0.717) is 12.5 Å². The third-order valence-corrected chi connectivity index (χ3v) is 4.13. The highest BCUT2D eigenvalue weighted by atomic mass is 14.7. The van der Waals surface area contributed by atoms with E-state index >= 15 is 0 Å². The van der Waals surface area contributed by atoms with E-state index in [1.54, 1.807) is 0 Å². The average molecular weight is 262 g/mol. The van der Waals surface area contributed by atoms with E-state index < -0.39 is 0 Å². The first kappa shape index (κ1) is 16.2. The molecule has 1 rings (SSSR count). The molecular weight excluding hydrogens is 232 g/mol. The zero-order chi connectivity index (χ0) is 14.8. The third-order valence-electron chi connectivity index (χ3n) is 4.13. The van der Waals surface area contributed by atoms with Crippen LogP contribution in [-0.4, -0.2) is 6.54 Å². The van der Waals surface area contributed by atoms with Crippen molar-refractivity contribution in [3.8, 4) is 0 Å². The maximum absolute atomic E-state index is 6.44.